The van der Waals surface area contributed by atoms with E-state index >= 15 is 0 Å². The highest BCUT2D eigenvalue weighted by molar-refractivity contribution is 6.08. The number of hydrogen-bond acceptors (Lipinski definition) is 2. The summed E-state index contributed by atoms with van der Waals surface area (Å²) < 4.78 is 6.27. The Bertz CT molecular complexity index is 2490. The van der Waals surface area contributed by atoms with Crippen molar-refractivity contribution >= 4 is 60.5 Å². The molecule has 0 saturated heterocycles. The average Bonchev–Trinajstić information content (AvgIpc) is 3.50. The fourth-order valence-electron chi connectivity index (χ4n) is 6.90. The summed E-state index contributed by atoms with van der Waals surface area (Å²) in [6, 6.07) is 61.0. The van der Waals surface area contributed by atoms with E-state index in [9.17, 15) is 0 Å². The molecule has 0 unspecified atom stereocenters. The molecule has 0 aliphatic rings. The summed E-state index contributed by atoms with van der Waals surface area (Å²) >= 11 is 0. The number of fused-ring (bicyclic) bond motifs is 5. The van der Waals surface area contributed by atoms with Gasteiger partial charge in [-0.1, -0.05) is 127 Å². The molecule has 8 aromatic carbocycles. The van der Waals surface area contributed by atoms with Gasteiger partial charge in [-0.2, -0.15) is 0 Å². The van der Waals surface area contributed by atoms with Gasteiger partial charge in [0.2, 0.25) is 0 Å². The number of furan rings is 1. The molecule has 9 aromatic rings. The number of aryl methyl sites for hydroxylation is 1. The highest BCUT2D eigenvalue weighted by Gasteiger charge is 2.18. The Labute approximate surface area is 273 Å². The van der Waals surface area contributed by atoms with E-state index < -0.39 is 0 Å². The maximum atomic E-state index is 6.27. The van der Waals surface area contributed by atoms with Crippen LogP contribution < -0.4 is 4.90 Å². The highest BCUT2D eigenvalue weighted by Crippen LogP contribution is 2.43. The number of nitrogens with zero attached hydrogens (tertiary/aromatic N) is 1. The van der Waals surface area contributed by atoms with Gasteiger partial charge in [-0.25, -0.2) is 0 Å². The fraction of sp³-hybridized carbons (Fsp3) is 0.0222. The molecule has 0 N–H and O–H groups in total. The molecular weight excluding hydrogens is 571 g/mol. The Hall–Kier alpha value is -6.12. The molecule has 0 spiro atoms. The van der Waals surface area contributed by atoms with Crippen LogP contribution in [0.25, 0.3) is 65.7 Å². The van der Waals surface area contributed by atoms with Crippen LogP contribution in [0.15, 0.2) is 174 Å². The zero-order valence-corrected chi connectivity index (χ0v) is 26.0. The fourth-order valence-corrected chi connectivity index (χ4v) is 6.90. The van der Waals surface area contributed by atoms with E-state index in [-0.39, 0.29) is 0 Å². The van der Waals surface area contributed by atoms with E-state index in [4.69, 9.17) is 4.42 Å². The Morgan fingerprint density at radius 2 is 0.830 bits per heavy atom. The van der Waals surface area contributed by atoms with Gasteiger partial charge in [-0.15, -0.1) is 0 Å². The maximum absolute atomic E-state index is 6.27. The largest absolute Gasteiger partial charge is 0.456 e. The van der Waals surface area contributed by atoms with Crippen LogP contribution in [-0.2, 0) is 0 Å². The second kappa shape index (κ2) is 11.0. The lowest BCUT2D eigenvalue weighted by Gasteiger charge is -2.28. The van der Waals surface area contributed by atoms with Gasteiger partial charge in [0.05, 0.1) is 11.4 Å². The molecule has 1 aromatic heterocycles. The normalized spacial score (nSPS) is 11.5. The van der Waals surface area contributed by atoms with Crippen molar-refractivity contribution in [2.45, 2.75) is 6.92 Å². The third-order valence-electron chi connectivity index (χ3n) is 9.33. The lowest BCUT2D eigenvalue weighted by atomic mass is 9.99. The highest BCUT2D eigenvalue weighted by atomic mass is 16.3. The first-order chi connectivity index (χ1) is 23.2. The summed E-state index contributed by atoms with van der Waals surface area (Å²) in [6.45, 7) is 2.12. The molecule has 0 saturated carbocycles. The molecule has 0 fully saturated rings. The smallest absolute Gasteiger partial charge is 0.135 e. The van der Waals surface area contributed by atoms with Gasteiger partial charge in [0.15, 0.2) is 0 Å². The Kier molecular flexibility index (Phi) is 6.39. The first-order valence-corrected chi connectivity index (χ1v) is 16.1. The number of anilines is 3. The molecule has 9 rings (SSSR count). The number of hydrogen-bond donors (Lipinski definition) is 0. The Morgan fingerprint density at radius 3 is 1.36 bits per heavy atom. The van der Waals surface area contributed by atoms with Gasteiger partial charge in [-0.05, 0) is 88.5 Å². The van der Waals surface area contributed by atoms with Crippen molar-refractivity contribution < 1.29 is 4.42 Å². The van der Waals surface area contributed by atoms with E-state index in [1.807, 2.05) is 0 Å². The molecule has 47 heavy (non-hydrogen) atoms. The van der Waals surface area contributed by atoms with E-state index in [1.54, 1.807) is 0 Å². The Balaban J connectivity index is 1.16. The second-order valence-corrected chi connectivity index (χ2v) is 12.3. The third-order valence-corrected chi connectivity index (χ3v) is 9.33. The monoisotopic (exact) mass is 601 g/mol. The minimum Gasteiger partial charge on any atom is -0.456 e. The van der Waals surface area contributed by atoms with Crippen molar-refractivity contribution in [2.24, 2.45) is 0 Å². The summed E-state index contributed by atoms with van der Waals surface area (Å²) in [5.74, 6) is 0. The standard InChI is InChI=1S/C45H31NO/c1-30-16-18-31(19-17-30)35-22-26-44-40(28-35)41-29-36(23-27-45(41)47-44)32-20-24-37(25-21-32)46(42-14-6-10-33-8-2-4-12-38(33)42)43-15-7-11-34-9-3-5-13-39(34)43/h2-29H,1H3. The summed E-state index contributed by atoms with van der Waals surface area (Å²) in [4.78, 5) is 2.40. The van der Waals surface area contributed by atoms with Crippen LogP contribution in [0.1, 0.15) is 5.56 Å². The SMILES string of the molecule is Cc1ccc(-c2ccc3oc4ccc(-c5ccc(N(c6cccc7ccccc67)c6cccc7ccccc67)cc5)cc4c3c2)cc1. The first kappa shape index (κ1) is 27.2. The summed E-state index contributed by atoms with van der Waals surface area (Å²) in [6.07, 6.45) is 0. The third kappa shape index (κ3) is 4.74. The van der Waals surface area contributed by atoms with Crippen LogP contribution in [0, 0.1) is 6.92 Å². The van der Waals surface area contributed by atoms with Gasteiger partial charge in [0, 0.05) is 27.2 Å². The predicted octanol–water partition coefficient (Wildman–Crippen LogP) is 13.0. The van der Waals surface area contributed by atoms with Gasteiger partial charge >= 0.3 is 0 Å². The van der Waals surface area contributed by atoms with Crippen molar-refractivity contribution in [1.29, 1.82) is 0 Å². The first-order valence-electron chi connectivity index (χ1n) is 16.1. The van der Waals surface area contributed by atoms with Crippen LogP contribution in [0.2, 0.25) is 0 Å². The van der Waals surface area contributed by atoms with Crippen LogP contribution in [-0.4, -0.2) is 0 Å². The van der Waals surface area contributed by atoms with Crippen molar-refractivity contribution in [3.8, 4) is 22.3 Å². The number of rotatable bonds is 5. The van der Waals surface area contributed by atoms with Crippen molar-refractivity contribution in [2.75, 3.05) is 4.90 Å². The lowest BCUT2D eigenvalue weighted by molar-refractivity contribution is 0.669. The zero-order chi connectivity index (χ0) is 31.3. The molecule has 0 aliphatic carbocycles. The van der Waals surface area contributed by atoms with Crippen molar-refractivity contribution in [1.82, 2.24) is 0 Å². The quantitative estimate of drug-likeness (QED) is 0.195. The Morgan fingerprint density at radius 1 is 0.383 bits per heavy atom. The van der Waals surface area contributed by atoms with Crippen LogP contribution in [0.3, 0.4) is 0 Å². The van der Waals surface area contributed by atoms with Gasteiger partial charge < -0.3 is 9.32 Å². The maximum Gasteiger partial charge on any atom is 0.135 e. The predicted molar refractivity (Wildman–Crippen MR) is 199 cm³/mol. The molecular formula is C45H31NO. The summed E-state index contributed by atoms with van der Waals surface area (Å²) in [7, 11) is 0. The molecule has 0 aliphatic heterocycles. The van der Waals surface area contributed by atoms with E-state index in [0.29, 0.717) is 0 Å². The van der Waals surface area contributed by atoms with E-state index in [2.05, 4.69) is 182 Å². The number of benzene rings is 8. The second-order valence-electron chi connectivity index (χ2n) is 12.3. The van der Waals surface area contributed by atoms with Crippen LogP contribution >= 0.6 is 0 Å². The van der Waals surface area contributed by atoms with Crippen molar-refractivity contribution in [3.05, 3.63) is 175 Å². The minimum absolute atomic E-state index is 0.902. The van der Waals surface area contributed by atoms with Gasteiger partial charge in [-0.3, -0.25) is 0 Å². The van der Waals surface area contributed by atoms with Crippen LogP contribution in [0.4, 0.5) is 17.1 Å². The summed E-state index contributed by atoms with van der Waals surface area (Å²) in [5.41, 5.74) is 11.2. The van der Waals surface area contributed by atoms with Gasteiger partial charge in [0.1, 0.15) is 11.2 Å². The summed E-state index contributed by atoms with van der Waals surface area (Å²) in [5, 5.41) is 7.14. The topological polar surface area (TPSA) is 16.4 Å². The van der Waals surface area contributed by atoms with Crippen LogP contribution in [0.5, 0.6) is 0 Å². The molecule has 1 heterocycles. The lowest BCUT2D eigenvalue weighted by Crippen LogP contribution is -2.11. The molecule has 0 amide bonds. The molecule has 0 bridgehead atoms. The molecule has 2 nitrogen and oxygen atoms in total. The minimum atomic E-state index is 0.902. The van der Waals surface area contributed by atoms with E-state index in [1.165, 1.54) is 38.2 Å². The molecule has 0 radical (unpaired) electrons. The average molecular weight is 602 g/mol. The van der Waals surface area contributed by atoms with Gasteiger partial charge in [0.25, 0.3) is 0 Å². The molecule has 2 heteroatoms. The zero-order valence-electron chi connectivity index (χ0n) is 26.0. The molecule has 0 atom stereocenters. The van der Waals surface area contributed by atoms with E-state index in [0.717, 1.165) is 50.1 Å². The molecule has 222 valence electrons. The van der Waals surface area contributed by atoms with Crippen molar-refractivity contribution in [3.63, 3.8) is 0 Å².